The third kappa shape index (κ3) is 2.85. The maximum atomic E-state index is 11.3. The number of primary amides is 1. The Morgan fingerprint density at radius 1 is 1.36 bits per heavy atom. The molecule has 2 N–H and O–H groups in total. The number of halogens is 1. The molecular formula is C9H8BrNO3. The summed E-state index contributed by atoms with van der Waals surface area (Å²) >= 11 is 3.19. The number of benzene rings is 1. The molecule has 0 radical (unpaired) electrons. The number of carbonyl (C=O) groups excluding carboxylic acids is 2. The second kappa shape index (κ2) is 4.76. The van der Waals surface area contributed by atoms with E-state index in [9.17, 15) is 9.59 Å². The van der Waals surface area contributed by atoms with E-state index in [-0.39, 0.29) is 0 Å². The molecule has 74 valence electrons. The van der Waals surface area contributed by atoms with Crippen LogP contribution in [0.1, 0.15) is 10.4 Å². The molecule has 0 aliphatic rings. The fourth-order valence-corrected chi connectivity index (χ4v) is 1.29. The van der Waals surface area contributed by atoms with Crippen molar-refractivity contribution in [1.82, 2.24) is 0 Å². The second-order valence-corrected chi connectivity index (χ2v) is 3.38. The first-order valence-electron chi connectivity index (χ1n) is 3.81. The number of esters is 1. The first kappa shape index (κ1) is 10.7. The molecule has 4 nitrogen and oxygen atoms in total. The summed E-state index contributed by atoms with van der Waals surface area (Å²) in [7, 11) is 0. The molecule has 0 aromatic heterocycles. The first-order chi connectivity index (χ1) is 6.61. The van der Waals surface area contributed by atoms with Gasteiger partial charge in [0.2, 0.25) is 0 Å². The Bertz CT molecular complexity index is 365. The zero-order valence-corrected chi connectivity index (χ0v) is 8.78. The number of nitrogens with two attached hydrogens (primary N) is 1. The SMILES string of the molecule is NC(=O)COC(=O)c1ccccc1Br. The summed E-state index contributed by atoms with van der Waals surface area (Å²) in [6, 6.07) is 6.77. The molecule has 1 aromatic rings. The van der Waals surface area contributed by atoms with Crippen LogP contribution in [0, 0.1) is 0 Å². The maximum absolute atomic E-state index is 11.3. The highest BCUT2D eigenvalue weighted by atomic mass is 79.9. The number of amides is 1. The Kier molecular flexibility index (Phi) is 3.64. The van der Waals surface area contributed by atoms with Crippen LogP contribution in [0.4, 0.5) is 0 Å². The number of hydrogen-bond donors (Lipinski definition) is 1. The molecule has 0 unspecified atom stereocenters. The van der Waals surface area contributed by atoms with Gasteiger partial charge >= 0.3 is 5.97 Å². The molecule has 0 aliphatic carbocycles. The first-order valence-corrected chi connectivity index (χ1v) is 4.60. The van der Waals surface area contributed by atoms with Crippen LogP contribution >= 0.6 is 15.9 Å². The lowest BCUT2D eigenvalue weighted by Gasteiger charge is -2.03. The van der Waals surface area contributed by atoms with E-state index in [1.54, 1.807) is 24.3 Å². The van der Waals surface area contributed by atoms with Crippen molar-refractivity contribution in [1.29, 1.82) is 0 Å². The van der Waals surface area contributed by atoms with Gasteiger partial charge in [0.1, 0.15) is 0 Å². The Hall–Kier alpha value is -1.36. The van der Waals surface area contributed by atoms with Crippen LogP contribution < -0.4 is 5.73 Å². The van der Waals surface area contributed by atoms with Gasteiger partial charge in [-0.3, -0.25) is 4.79 Å². The van der Waals surface area contributed by atoms with Crippen molar-refractivity contribution in [2.75, 3.05) is 6.61 Å². The van der Waals surface area contributed by atoms with Crippen LogP contribution in [0.15, 0.2) is 28.7 Å². The van der Waals surface area contributed by atoms with Crippen molar-refractivity contribution >= 4 is 27.8 Å². The number of hydrogen-bond acceptors (Lipinski definition) is 3. The molecule has 0 bridgehead atoms. The Morgan fingerprint density at radius 3 is 2.57 bits per heavy atom. The lowest BCUT2D eigenvalue weighted by molar-refractivity contribution is -0.121. The molecule has 0 spiro atoms. The summed E-state index contributed by atoms with van der Waals surface area (Å²) in [4.78, 5) is 21.7. The van der Waals surface area contributed by atoms with Crippen molar-refractivity contribution in [3.05, 3.63) is 34.3 Å². The monoisotopic (exact) mass is 257 g/mol. The van der Waals surface area contributed by atoms with E-state index in [2.05, 4.69) is 20.7 Å². The highest BCUT2D eigenvalue weighted by Crippen LogP contribution is 2.16. The van der Waals surface area contributed by atoms with Crippen LogP contribution in [-0.2, 0) is 9.53 Å². The average molecular weight is 258 g/mol. The van der Waals surface area contributed by atoms with Crippen molar-refractivity contribution in [2.45, 2.75) is 0 Å². The summed E-state index contributed by atoms with van der Waals surface area (Å²) < 4.78 is 5.25. The maximum Gasteiger partial charge on any atom is 0.339 e. The molecule has 0 fully saturated rings. The van der Waals surface area contributed by atoms with E-state index in [4.69, 9.17) is 5.73 Å². The van der Waals surface area contributed by atoms with Crippen LogP contribution in [0.5, 0.6) is 0 Å². The third-order valence-electron chi connectivity index (χ3n) is 1.44. The minimum atomic E-state index is -0.676. The van der Waals surface area contributed by atoms with Gasteiger partial charge in [-0.05, 0) is 28.1 Å². The molecule has 0 saturated heterocycles. The molecule has 1 aromatic carbocycles. The van der Waals surface area contributed by atoms with Gasteiger partial charge in [-0.15, -0.1) is 0 Å². The summed E-state index contributed by atoms with van der Waals surface area (Å²) in [6.45, 7) is -0.403. The molecule has 0 aliphatic heterocycles. The standard InChI is InChI=1S/C9H8BrNO3/c10-7-4-2-1-3-6(7)9(13)14-5-8(11)12/h1-4H,5H2,(H2,11,12). The Labute approximate surface area is 89.2 Å². The Morgan fingerprint density at radius 2 is 2.00 bits per heavy atom. The van der Waals surface area contributed by atoms with Crippen molar-refractivity contribution in [3.8, 4) is 0 Å². The van der Waals surface area contributed by atoms with Crippen molar-refractivity contribution in [2.24, 2.45) is 5.73 Å². The summed E-state index contributed by atoms with van der Waals surface area (Å²) in [5, 5.41) is 0. The van der Waals surface area contributed by atoms with Crippen molar-refractivity contribution < 1.29 is 14.3 Å². The average Bonchev–Trinajstić information content (AvgIpc) is 2.15. The smallest absolute Gasteiger partial charge is 0.339 e. The third-order valence-corrected chi connectivity index (χ3v) is 2.13. The minimum absolute atomic E-state index is 0.369. The van der Waals surface area contributed by atoms with E-state index in [1.807, 2.05) is 0 Å². The van der Waals surface area contributed by atoms with Gasteiger partial charge in [-0.1, -0.05) is 12.1 Å². The van der Waals surface area contributed by atoms with Gasteiger partial charge in [-0.2, -0.15) is 0 Å². The normalized spacial score (nSPS) is 9.50. The van der Waals surface area contributed by atoms with Gasteiger partial charge < -0.3 is 10.5 Å². The molecule has 1 amide bonds. The highest BCUT2D eigenvalue weighted by molar-refractivity contribution is 9.10. The lowest BCUT2D eigenvalue weighted by Crippen LogP contribution is -2.21. The molecular weight excluding hydrogens is 250 g/mol. The molecule has 0 heterocycles. The quantitative estimate of drug-likeness (QED) is 0.825. The Balaban J connectivity index is 2.70. The lowest BCUT2D eigenvalue weighted by atomic mass is 10.2. The number of rotatable bonds is 3. The van der Waals surface area contributed by atoms with Gasteiger partial charge in [0.05, 0.1) is 5.56 Å². The molecule has 14 heavy (non-hydrogen) atoms. The van der Waals surface area contributed by atoms with Crippen LogP contribution in [0.25, 0.3) is 0 Å². The van der Waals surface area contributed by atoms with Crippen molar-refractivity contribution in [3.63, 3.8) is 0 Å². The summed E-state index contributed by atoms with van der Waals surface area (Å²) in [5.41, 5.74) is 5.20. The van der Waals surface area contributed by atoms with Gasteiger partial charge in [0.25, 0.3) is 5.91 Å². The number of ether oxygens (including phenoxy) is 1. The largest absolute Gasteiger partial charge is 0.452 e. The van der Waals surface area contributed by atoms with E-state index in [1.165, 1.54) is 0 Å². The van der Waals surface area contributed by atoms with Crippen LogP contribution in [-0.4, -0.2) is 18.5 Å². The van der Waals surface area contributed by atoms with Crippen LogP contribution in [0.3, 0.4) is 0 Å². The molecule has 1 rings (SSSR count). The van der Waals surface area contributed by atoms with E-state index in [0.717, 1.165) is 0 Å². The fourth-order valence-electron chi connectivity index (χ4n) is 0.841. The van der Waals surface area contributed by atoms with E-state index < -0.39 is 18.5 Å². The summed E-state index contributed by atoms with van der Waals surface area (Å²) in [6.07, 6.45) is 0. The molecule has 0 saturated carbocycles. The fraction of sp³-hybridized carbons (Fsp3) is 0.111. The highest BCUT2D eigenvalue weighted by Gasteiger charge is 2.11. The minimum Gasteiger partial charge on any atom is -0.452 e. The second-order valence-electron chi connectivity index (χ2n) is 2.52. The van der Waals surface area contributed by atoms with E-state index >= 15 is 0 Å². The van der Waals surface area contributed by atoms with Crippen LogP contribution in [0.2, 0.25) is 0 Å². The van der Waals surface area contributed by atoms with E-state index in [0.29, 0.717) is 10.0 Å². The predicted octanol–water partition coefficient (Wildman–Crippen LogP) is 1.09. The molecule has 0 atom stereocenters. The zero-order chi connectivity index (χ0) is 10.6. The number of carbonyl (C=O) groups is 2. The van der Waals surface area contributed by atoms with Gasteiger partial charge in [-0.25, -0.2) is 4.79 Å². The van der Waals surface area contributed by atoms with Gasteiger partial charge in [0, 0.05) is 4.47 Å². The molecule has 5 heteroatoms. The topological polar surface area (TPSA) is 69.4 Å². The van der Waals surface area contributed by atoms with Gasteiger partial charge in [0.15, 0.2) is 6.61 Å². The predicted molar refractivity (Wildman–Crippen MR) is 53.6 cm³/mol. The summed E-state index contributed by atoms with van der Waals surface area (Å²) in [5.74, 6) is -1.25. The zero-order valence-electron chi connectivity index (χ0n) is 7.20.